The summed E-state index contributed by atoms with van der Waals surface area (Å²) in [5, 5.41) is 24.7. The molecule has 1 aliphatic heterocycles. The van der Waals surface area contributed by atoms with Crippen LogP contribution in [0.4, 0.5) is 4.79 Å². The van der Waals surface area contributed by atoms with E-state index in [0.29, 0.717) is 23.5 Å². The molecule has 160 valence electrons. The second-order valence-electron chi connectivity index (χ2n) is 8.28. The monoisotopic (exact) mass is 407 g/mol. The second-order valence-corrected chi connectivity index (χ2v) is 8.28. The van der Waals surface area contributed by atoms with Gasteiger partial charge in [-0.15, -0.1) is 0 Å². The zero-order valence-electron chi connectivity index (χ0n) is 17.2. The number of amides is 1. The molecular weight excluding hydrogens is 378 g/mol. The van der Waals surface area contributed by atoms with Gasteiger partial charge in [0.2, 0.25) is 6.79 Å². The SMILES string of the molecule is CO[C@H]1C=C[C@@](c2ccc3c(c2)OCO3)([C@@H](O)CNC(=O)OC(C)(C)C)[C@@H](O)C1. The average Bonchev–Trinajstić information content (AvgIpc) is 3.12. The maximum Gasteiger partial charge on any atom is 0.407 e. The van der Waals surface area contributed by atoms with Crippen LogP contribution < -0.4 is 14.8 Å². The molecule has 0 bridgehead atoms. The standard InChI is InChI=1S/C21H29NO7/c1-20(2,3)29-19(25)22-11-18(24)21(8-7-14(26-4)10-17(21)23)13-5-6-15-16(9-13)28-12-27-15/h5-9,14,17-18,23-24H,10-12H2,1-4H3,(H,22,25)/t14-,17-,18-,21-/m0/s1. The summed E-state index contributed by atoms with van der Waals surface area (Å²) in [6.45, 7) is 5.29. The number of alkyl carbamates (subject to hydrolysis) is 1. The predicted molar refractivity (Wildman–Crippen MR) is 105 cm³/mol. The lowest BCUT2D eigenvalue weighted by molar-refractivity contribution is -0.0258. The second kappa shape index (κ2) is 8.22. The third-order valence-electron chi connectivity index (χ3n) is 5.16. The first kappa shape index (κ1) is 21.4. The number of carbonyl (C=O) groups excluding carboxylic acids is 1. The molecule has 0 unspecified atom stereocenters. The number of hydrogen-bond acceptors (Lipinski definition) is 7. The van der Waals surface area contributed by atoms with Crippen LogP contribution in [0.5, 0.6) is 11.5 Å². The third kappa shape index (κ3) is 4.49. The van der Waals surface area contributed by atoms with Crippen molar-refractivity contribution in [3.8, 4) is 11.5 Å². The molecule has 1 aromatic carbocycles. The molecule has 2 aliphatic rings. The van der Waals surface area contributed by atoms with Crippen molar-refractivity contribution in [2.75, 3.05) is 20.4 Å². The topological polar surface area (TPSA) is 106 Å². The van der Waals surface area contributed by atoms with Gasteiger partial charge < -0.3 is 34.5 Å². The van der Waals surface area contributed by atoms with E-state index in [2.05, 4.69) is 5.32 Å². The first-order valence-electron chi connectivity index (χ1n) is 9.61. The Hall–Kier alpha value is -2.29. The number of methoxy groups -OCH3 is 1. The van der Waals surface area contributed by atoms with Crippen molar-refractivity contribution in [2.24, 2.45) is 0 Å². The Morgan fingerprint density at radius 3 is 2.72 bits per heavy atom. The van der Waals surface area contributed by atoms with E-state index < -0.39 is 29.3 Å². The molecule has 1 aromatic rings. The first-order valence-corrected chi connectivity index (χ1v) is 9.61. The van der Waals surface area contributed by atoms with Gasteiger partial charge in [-0.2, -0.15) is 0 Å². The molecule has 1 amide bonds. The van der Waals surface area contributed by atoms with Gasteiger partial charge in [0.15, 0.2) is 11.5 Å². The van der Waals surface area contributed by atoms with Gasteiger partial charge in [-0.25, -0.2) is 4.79 Å². The Morgan fingerprint density at radius 2 is 2.07 bits per heavy atom. The maximum atomic E-state index is 12.0. The van der Waals surface area contributed by atoms with Crippen LogP contribution >= 0.6 is 0 Å². The average molecular weight is 407 g/mol. The largest absolute Gasteiger partial charge is 0.454 e. The highest BCUT2D eigenvalue weighted by atomic mass is 16.7. The quantitative estimate of drug-likeness (QED) is 0.640. The third-order valence-corrected chi connectivity index (χ3v) is 5.16. The number of rotatable bonds is 5. The van der Waals surface area contributed by atoms with Crippen molar-refractivity contribution < 1.29 is 34.0 Å². The molecule has 0 radical (unpaired) electrons. The maximum absolute atomic E-state index is 12.0. The lowest BCUT2D eigenvalue weighted by Crippen LogP contribution is -2.55. The first-order chi connectivity index (χ1) is 13.7. The van der Waals surface area contributed by atoms with Crippen molar-refractivity contribution in [1.29, 1.82) is 0 Å². The number of hydrogen-bond donors (Lipinski definition) is 3. The number of benzene rings is 1. The fraction of sp³-hybridized carbons (Fsp3) is 0.571. The van der Waals surface area contributed by atoms with Crippen LogP contribution in [0, 0.1) is 0 Å². The normalized spacial score (nSPS) is 26.8. The van der Waals surface area contributed by atoms with Crippen molar-refractivity contribution in [3.63, 3.8) is 0 Å². The highest BCUT2D eigenvalue weighted by Crippen LogP contribution is 2.43. The smallest absolute Gasteiger partial charge is 0.407 e. The number of aliphatic hydroxyl groups is 2. The summed E-state index contributed by atoms with van der Waals surface area (Å²) >= 11 is 0. The minimum atomic E-state index is -1.16. The predicted octanol–water partition coefficient (Wildman–Crippen LogP) is 1.87. The highest BCUT2D eigenvalue weighted by molar-refractivity contribution is 5.67. The summed E-state index contributed by atoms with van der Waals surface area (Å²) in [7, 11) is 1.57. The molecule has 4 atom stereocenters. The lowest BCUT2D eigenvalue weighted by atomic mass is 9.67. The van der Waals surface area contributed by atoms with Crippen LogP contribution in [0.3, 0.4) is 0 Å². The van der Waals surface area contributed by atoms with Crippen LogP contribution in [-0.2, 0) is 14.9 Å². The van der Waals surface area contributed by atoms with E-state index in [0.717, 1.165) is 0 Å². The van der Waals surface area contributed by atoms with E-state index in [9.17, 15) is 15.0 Å². The van der Waals surface area contributed by atoms with Gasteiger partial charge in [-0.3, -0.25) is 0 Å². The van der Waals surface area contributed by atoms with Gasteiger partial charge in [0.05, 0.1) is 23.7 Å². The summed E-state index contributed by atoms with van der Waals surface area (Å²) in [4.78, 5) is 12.0. The minimum absolute atomic E-state index is 0.109. The van der Waals surface area contributed by atoms with E-state index in [1.54, 1.807) is 52.2 Å². The summed E-state index contributed by atoms with van der Waals surface area (Å²) in [5.74, 6) is 1.15. The molecule has 0 fully saturated rings. The van der Waals surface area contributed by atoms with Gasteiger partial charge in [-0.1, -0.05) is 18.2 Å². The Labute approximate surface area is 170 Å². The van der Waals surface area contributed by atoms with E-state index in [1.807, 2.05) is 6.08 Å². The summed E-state index contributed by atoms with van der Waals surface area (Å²) < 4.78 is 21.4. The van der Waals surface area contributed by atoms with Crippen LogP contribution in [0.25, 0.3) is 0 Å². The lowest BCUT2D eigenvalue weighted by Gasteiger charge is -2.43. The number of carbonyl (C=O) groups is 1. The van der Waals surface area contributed by atoms with E-state index in [-0.39, 0.29) is 19.4 Å². The Morgan fingerprint density at radius 1 is 1.34 bits per heavy atom. The van der Waals surface area contributed by atoms with Crippen molar-refractivity contribution in [2.45, 2.75) is 56.5 Å². The summed E-state index contributed by atoms with van der Waals surface area (Å²) in [5.41, 5.74) is -1.16. The van der Waals surface area contributed by atoms with Gasteiger partial charge in [0.1, 0.15) is 5.60 Å². The number of ether oxygens (including phenoxy) is 4. The molecule has 1 heterocycles. The van der Waals surface area contributed by atoms with Crippen LogP contribution in [0.2, 0.25) is 0 Å². The molecule has 3 rings (SSSR count). The van der Waals surface area contributed by atoms with Crippen molar-refractivity contribution in [1.82, 2.24) is 5.32 Å². The summed E-state index contributed by atoms with van der Waals surface area (Å²) in [6.07, 6.45) is 0.875. The van der Waals surface area contributed by atoms with Gasteiger partial charge in [-0.05, 0) is 38.5 Å². The molecule has 0 aromatic heterocycles. The van der Waals surface area contributed by atoms with Crippen molar-refractivity contribution in [3.05, 3.63) is 35.9 Å². The Kier molecular flexibility index (Phi) is 6.07. The number of aliphatic hydroxyl groups excluding tert-OH is 2. The minimum Gasteiger partial charge on any atom is -0.454 e. The fourth-order valence-electron chi connectivity index (χ4n) is 3.69. The molecule has 0 saturated carbocycles. The fourth-order valence-corrected chi connectivity index (χ4v) is 3.69. The Bertz CT molecular complexity index is 773. The molecule has 1 aliphatic carbocycles. The number of nitrogens with one attached hydrogen (secondary N) is 1. The zero-order valence-corrected chi connectivity index (χ0v) is 17.2. The highest BCUT2D eigenvalue weighted by Gasteiger charge is 2.47. The van der Waals surface area contributed by atoms with Gasteiger partial charge >= 0.3 is 6.09 Å². The molecule has 3 N–H and O–H groups in total. The molecule has 8 nitrogen and oxygen atoms in total. The van der Waals surface area contributed by atoms with Crippen LogP contribution in [-0.4, -0.2) is 60.7 Å². The van der Waals surface area contributed by atoms with Crippen LogP contribution in [0.15, 0.2) is 30.4 Å². The van der Waals surface area contributed by atoms with Crippen LogP contribution in [0.1, 0.15) is 32.8 Å². The molecule has 29 heavy (non-hydrogen) atoms. The van der Waals surface area contributed by atoms with E-state index in [4.69, 9.17) is 18.9 Å². The summed E-state index contributed by atoms with van der Waals surface area (Å²) in [6, 6.07) is 5.28. The van der Waals surface area contributed by atoms with Gasteiger partial charge in [0, 0.05) is 20.1 Å². The van der Waals surface area contributed by atoms with Crippen molar-refractivity contribution >= 4 is 6.09 Å². The molecule has 8 heteroatoms. The van der Waals surface area contributed by atoms with E-state index >= 15 is 0 Å². The molecule has 0 saturated heterocycles. The van der Waals surface area contributed by atoms with E-state index in [1.165, 1.54) is 0 Å². The van der Waals surface area contributed by atoms with Gasteiger partial charge in [0.25, 0.3) is 0 Å². The number of fused-ring (bicyclic) bond motifs is 1. The molecular formula is C21H29NO7. The Balaban J connectivity index is 1.88. The zero-order chi connectivity index (χ0) is 21.2. The molecule has 0 spiro atoms.